The molecule has 0 atom stereocenters. The van der Waals surface area contributed by atoms with Crippen LogP contribution < -0.4 is 21.2 Å². The number of hydrogen-bond acceptors (Lipinski definition) is 3. The number of rotatable bonds is 5. The molecule has 0 aliphatic rings. The number of carbonyl (C=O) groups is 1. The molecular formula is C18H17INO2-. The van der Waals surface area contributed by atoms with Gasteiger partial charge in [0.1, 0.15) is 0 Å². The number of esters is 1. The number of ether oxygens (including phenoxy) is 1. The Morgan fingerprint density at radius 2 is 2.14 bits per heavy atom. The maximum absolute atomic E-state index is 11.6. The van der Waals surface area contributed by atoms with E-state index in [1.165, 1.54) is 10.7 Å². The van der Waals surface area contributed by atoms with Gasteiger partial charge in [-0.25, -0.2) is 0 Å². The fourth-order valence-corrected chi connectivity index (χ4v) is 3.73. The molecule has 0 spiro atoms. The molecule has 0 amide bonds. The summed E-state index contributed by atoms with van der Waals surface area (Å²) in [5, 5.41) is 1.03. The molecule has 1 aromatic heterocycles. The maximum atomic E-state index is 11.6. The van der Waals surface area contributed by atoms with Crippen LogP contribution in [0.25, 0.3) is 14.5 Å². The van der Waals surface area contributed by atoms with E-state index in [2.05, 4.69) is 23.7 Å². The van der Waals surface area contributed by atoms with Gasteiger partial charge in [-0.15, -0.1) is 0 Å². The fraction of sp³-hybridized carbons (Fsp3) is 0.111. The van der Waals surface area contributed by atoms with Gasteiger partial charge >= 0.3 is 141 Å². The molecule has 114 valence electrons. The van der Waals surface area contributed by atoms with Crippen LogP contribution >= 0.6 is 0 Å². The molecule has 22 heavy (non-hydrogen) atoms. The summed E-state index contributed by atoms with van der Waals surface area (Å²) >= 11 is -0.273. The third kappa shape index (κ3) is 3.62. The van der Waals surface area contributed by atoms with Gasteiger partial charge in [0.05, 0.1) is 0 Å². The van der Waals surface area contributed by atoms with Crippen molar-refractivity contribution in [2.24, 2.45) is 0 Å². The summed E-state index contributed by atoms with van der Waals surface area (Å²) in [6.07, 6.45) is 6.16. The quantitative estimate of drug-likeness (QED) is 0.425. The van der Waals surface area contributed by atoms with Gasteiger partial charge in [-0.3, -0.25) is 0 Å². The molecule has 1 heterocycles. The molecule has 2 aromatic rings. The second kappa shape index (κ2) is 7.89. The van der Waals surface area contributed by atoms with E-state index in [-0.39, 0.29) is 21.2 Å². The molecule has 1 aromatic carbocycles. The Balaban J connectivity index is 2.59. The summed E-state index contributed by atoms with van der Waals surface area (Å²) in [7, 11) is 1.36. The molecule has 3 nitrogen and oxygen atoms in total. The SMILES string of the molecule is C=C[I-]/C(=C\C=C/C)c1cccc2nc(C(=O)OC)ccc12. The van der Waals surface area contributed by atoms with Gasteiger partial charge in [-0.05, 0) is 0 Å². The van der Waals surface area contributed by atoms with Gasteiger partial charge in [0.15, 0.2) is 0 Å². The molecule has 0 saturated carbocycles. The number of benzene rings is 1. The molecule has 0 unspecified atom stereocenters. The van der Waals surface area contributed by atoms with Crippen LogP contribution in [0.3, 0.4) is 0 Å². The predicted octanol–water partition coefficient (Wildman–Crippen LogP) is 1.17. The van der Waals surface area contributed by atoms with Crippen LogP contribution in [-0.2, 0) is 4.74 Å². The molecule has 0 N–H and O–H groups in total. The number of aromatic nitrogens is 1. The van der Waals surface area contributed by atoms with E-state index >= 15 is 0 Å². The predicted molar refractivity (Wildman–Crippen MR) is 86.1 cm³/mol. The first-order chi connectivity index (χ1) is 10.7. The second-order valence-corrected chi connectivity index (χ2v) is 7.03. The van der Waals surface area contributed by atoms with Crippen LogP contribution in [0.4, 0.5) is 0 Å². The molecule has 2 rings (SSSR count). The Kier molecular flexibility index (Phi) is 5.89. The Hall–Kier alpha value is -1.95. The number of fused-ring (bicyclic) bond motifs is 1. The van der Waals surface area contributed by atoms with E-state index in [4.69, 9.17) is 4.74 Å². The van der Waals surface area contributed by atoms with Crippen LogP contribution in [0.5, 0.6) is 0 Å². The third-order valence-electron chi connectivity index (χ3n) is 3.01. The molecule has 0 saturated heterocycles. The van der Waals surface area contributed by atoms with Crippen LogP contribution in [0.1, 0.15) is 23.0 Å². The monoisotopic (exact) mass is 406 g/mol. The van der Waals surface area contributed by atoms with Crippen molar-refractivity contribution < 1.29 is 30.7 Å². The van der Waals surface area contributed by atoms with Crippen LogP contribution in [0, 0.1) is 0 Å². The molecule has 4 heteroatoms. The van der Waals surface area contributed by atoms with E-state index < -0.39 is 5.97 Å². The number of pyridine rings is 1. The second-order valence-electron chi connectivity index (χ2n) is 4.36. The average Bonchev–Trinajstić information content (AvgIpc) is 2.57. The molecular weight excluding hydrogens is 389 g/mol. The zero-order valence-corrected chi connectivity index (χ0v) is 14.7. The number of methoxy groups -OCH3 is 1. The number of hydrogen-bond donors (Lipinski definition) is 0. The summed E-state index contributed by atoms with van der Waals surface area (Å²) in [4.78, 5) is 16.0. The van der Waals surface area contributed by atoms with Gasteiger partial charge < -0.3 is 0 Å². The van der Waals surface area contributed by atoms with Crippen molar-refractivity contribution in [2.75, 3.05) is 7.11 Å². The van der Waals surface area contributed by atoms with Crippen molar-refractivity contribution in [3.63, 3.8) is 0 Å². The topological polar surface area (TPSA) is 39.2 Å². The third-order valence-corrected chi connectivity index (χ3v) is 5.07. The molecule has 0 aliphatic heterocycles. The van der Waals surface area contributed by atoms with Crippen molar-refractivity contribution in [3.8, 4) is 0 Å². The first-order valence-corrected chi connectivity index (χ1v) is 9.09. The summed E-state index contributed by atoms with van der Waals surface area (Å²) in [6, 6.07) is 9.59. The van der Waals surface area contributed by atoms with Crippen LogP contribution in [-0.4, -0.2) is 18.1 Å². The van der Waals surface area contributed by atoms with Gasteiger partial charge in [0.25, 0.3) is 0 Å². The Labute approximate surface area is 140 Å². The molecule has 0 radical (unpaired) electrons. The van der Waals surface area contributed by atoms with Crippen molar-refractivity contribution in [2.45, 2.75) is 6.92 Å². The molecule has 0 bridgehead atoms. The Morgan fingerprint density at radius 1 is 1.32 bits per heavy atom. The first-order valence-electron chi connectivity index (χ1n) is 6.77. The number of nitrogens with zero attached hydrogens (tertiary/aromatic N) is 1. The number of carbonyl (C=O) groups excluding carboxylic acids is 1. The Bertz CT molecular complexity index is 763. The van der Waals surface area contributed by atoms with Crippen molar-refractivity contribution in [1.29, 1.82) is 0 Å². The summed E-state index contributed by atoms with van der Waals surface area (Å²) < 4.78 is 7.98. The van der Waals surface area contributed by atoms with Gasteiger partial charge in [0, 0.05) is 0 Å². The summed E-state index contributed by atoms with van der Waals surface area (Å²) in [5.74, 6) is -0.421. The van der Waals surface area contributed by atoms with E-state index in [1.54, 1.807) is 6.07 Å². The summed E-state index contributed by atoms with van der Waals surface area (Å²) in [6.45, 7) is 5.86. The van der Waals surface area contributed by atoms with Gasteiger partial charge in [-0.1, -0.05) is 0 Å². The van der Waals surface area contributed by atoms with E-state index in [0.29, 0.717) is 5.69 Å². The zero-order valence-electron chi connectivity index (χ0n) is 12.5. The van der Waals surface area contributed by atoms with E-state index in [1.807, 2.05) is 41.4 Å². The van der Waals surface area contributed by atoms with Crippen molar-refractivity contribution in [3.05, 3.63) is 70.5 Å². The standard InChI is InChI=1S/C18H17INO2/c1-4-6-9-15(19-5-2)13-8-7-10-16-14(13)11-12-17(20-16)18(21)22-3/h4-12H,2H2,1,3H3/q-1/b6-4-,15-9-. The van der Waals surface area contributed by atoms with Crippen LogP contribution in [0.15, 0.2) is 59.2 Å². The molecule has 0 aliphatic carbocycles. The minimum atomic E-state index is -0.421. The number of halogens is 1. The summed E-state index contributed by atoms with van der Waals surface area (Å²) in [5.41, 5.74) is 2.26. The minimum absolute atomic E-state index is 0.273. The first kappa shape index (κ1) is 16.4. The van der Waals surface area contributed by atoms with Crippen molar-refractivity contribution in [1.82, 2.24) is 4.98 Å². The normalized spacial score (nSPS) is 12.0. The fourth-order valence-electron chi connectivity index (χ4n) is 2.03. The average molecular weight is 406 g/mol. The molecule has 0 fully saturated rings. The van der Waals surface area contributed by atoms with Crippen molar-refractivity contribution >= 4 is 20.5 Å². The Morgan fingerprint density at radius 3 is 2.82 bits per heavy atom. The van der Waals surface area contributed by atoms with Gasteiger partial charge in [0.2, 0.25) is 0 Å². The number of allylic oxidation sites excluding steroid dienone is 3. The van der Waals surface area contributed by atoms with E-state index in [0.717, 1.165) is 16.5 Å². The van der Waals surface area contributed by atoms with Gasteiger partial charge in [-0.2, -0.15) is 0 Å². The van der Waals surface area contributed by atoms with Crippen LogP contribution in [0.2, 0.25) is 0 Å². The van der Waals surface area contributed by atoms with E-state index in [9.17, 15) is 4.79 Å². The zero-order chi connectivity index (χ0) is 15.9.